The molecule has 1 N–H and O–H groups in total. The van der Waals surface area contributed by atoms with E-state index in [4.69, 9.17) is 0 Å². The van der Waals surface area contributed by atoms with Crippen LogP contribution in [0.15, 0.2) is 59.8 Å². The zero-order valence-electron chi connectivity index (χ0n) is 15.3. The first kappa shape index (κ1) is 17.8. The van der Waals surface area contributed by atoms with Crippen LogP contribution in [-0.4, -0.2) is 38.7 Å². The first-order valence-electron chi connectivity index (χ1n) is 9.18. The molecule has 1 saturated heterocycles. The molecule has 1 aliphatic heterocycles. The lowest BCUT2D eigenvalue weighted by molar-refractivity contribution is -0.116. The molecule has 4 rings (SSSR count). The highest BCUT2D eigenvalue weighted by atomic mass is 16.2. The van der Waals surface area contributed by atoms with Gasteiger partial charge in [0, 0.05) is 36.6 Å². The summed E-state index contributed by atoms with van der Waals surface area (Å²) in [7, 11) is 0. The van der Waals surface area contributed by atoms with Crippen molar-refractivity contribution in [3.8, 4) is 11.3 Å². The van der Waals surface area contributed by atoms with E-state index in [1.807, 2.05) is 24.3 Å². The second-order valence-corrected chi connectivity index (χ2v) is 6.64. The third-order valence-electron chi connectivity index (χ3n) is 4.65. The van der Waals surface area contributed by atoms with E-state index in [1.54, 1.807) is 12.1 Å². The van der Waals surface area contributed by atoms with Gasteiger partial charge < -0.3 is 10.2 Å². The van der Waals surface area contributed by atoms with Crippen LogP contribution in [0.3, 0.4) is 0 Å². The van der Waals surface area contributed by atoms with Gasteiger partial charge in [0.25, 0.3) is 5.56 Å². The Kier molecular flexibility index (Phi) is 5.09. The van der Waals surface area contributed by atoms with Gasteiger partial charge in [-0.05, 0) is 37.1 Å². The molecule has 8 nitrogen and oxygen atoms in total. The monoisotopic (exact) mass is 376 g/mol. The summed E-state index contributed by atoms with van der Waals surface area (Å²) in [6.07, 6.45) is 5.14. The van der Waals surface area contributed by atoms with Gasteiger partial charge >= 0.3 is 0 Å². The van der Waals surface area contributed by atoms with Crippen molar-refractivity contribution in [3.05, 3.63) is 65.3 Å². The molecule has 0 atom stereocenters. The third kappa shape index (κ3) is 4.06. The van der Waals surface area contributed by atoms with Crippen LogP contribution in [-0.2, 0) is 11.3 Å². The molecule has 1 aliphatic rings. The van der Waals surface area contributed by atoms with Crippen molar-refractivity contribution in [2.24, 2.45) is 0 Å². The predicted octanol–water partition coefficient (Wildman–Crippen LogP) is 1.94. The first-order valence-corrected chi connectivity index (χ1v) is 9.18. The Morgan fingerprint density at radius 1 is 1.00 bits per heavy atom. The fourth-order valence-corrected chi connectivity index (χ4v) is 3.17. The molecule has 1 aromatic carbocycles. The Bertz CT molecular complexity index is 1010. The lowest BCUT2D eigenvalue weighted by Crippen LogP contribution is -2.26. The molecule has 2 aromatic heterocycles. The number of nitrogens with zero attached hydrogens (tertiary/aromatic N) is 5. The van der Waals surface area contributed by atoms with Crippen LogP contribution < -0.4 is 15.8 Å². The number of amides is 1. The van der Waals surface area contributed by atoms with E-state index in [9.17, 15) is 9.59 Å². The summed E-state index contributed by atoms with van der Waals surface area (Å²) in [5.41, 5.74) is 2.08. The van der Waals surface area contributed by atoms with Crippen LogP contribution in [0.1, 0.15) is 12.8 Å². The van der Waals surface area contributed by atoms with E-state index in [-0.39, 0.29) is 18.0 Å². The summed E-state index contributed by atoms with van der Waals surface area (Å²) in [4.78, 5) is 29.9. The second-order valence-electron chi connectivity index (χ2n) is 6.64. The van der Waals surface area contributed by atoms with E-state index in [2.05, 4.69) is 25.4 Å². The van der Waals surface area contributed by atoms with Crippen molar-refractivity contribution in [3.63, 3.8) is 0 Å². The van der Waals surface area contributed by atoms with Gasteiger partial charge in [0.15, 0.2) is 5.82 Å². The number of anilines is 2. The SMILES string of the molecule is O=C(Cn1cnccc1=O)Nc1ccc(-c2ccc(N3CCCC3)nn2)cc1. The molecule has 1 amide bonds. The maximum absolute atomic E-state index is 12.1. The van der Waals surface area contributed by atoms with Gasteiger partial charge in [-0.1, -0.05) is 12.1 Å². The number of nitrogens with one attached hydrogen (secondary N) is 1. The van der Waals surface area contributed by atoms with Crippen molar-refractivity contribution < 1.29 is 4.79 Å². The molecular formula is C20H20N6O2. The van der Waals surface area contributed by atoms with Crippen LogP contribution in [0.25, 0.3) is 11.3 Å². The minimum Gasteiger partial charge on any atom is -0.355 e. The van der Waals surface area contributed by atoms with Crippen molar-refractivity contribution >= 4 is 17.4 Å². The minimum absolute atomic E-state index is 0.0855. The Hall–Kier alpha value is -3.55. The number of rotatable bonds is 5. The van der Waals surface area contributed by atoms with Gasteiger partial charge in [0.1, 0.15) is 6.54 Å². The van der Waals surface area contributed by atoms with E-state index >= 15 is 0 Å². The number of aromatic nitrogens is 4. The number of carbonyl (C=O) groups excluding carboxylic acids is 1. The Balaban J connectivity index is 1.40. The standard InChI is InChI=1S/C20H20N6O2/c27-19(13-26-14-21-10-9-20(26)28)22-16-5-3-15(4-6-16)17-7-8-18(24-23-17)25-11-1-2-12-25/h3-10,14H,1-2,11-13H2,(H,22,27). The number of benzene rings is 1. The van der Waals surface area contributed by atoms with Crippen molar-refractivity contribution in [1.29, 1.82) is 0 Å². The maximum Gasteiger partial charge on any atom is 0.253 e. The minimum atomic E-state index is -0.294. The van der Waals surface area contributed by atoms with Gasteiger partial charge in [-0.15, -0.1) is 10.2 Å². The van der Waals surface area contributed by atoms with Gasteiger partial charge in [0.05, 0.1) is 12.0 Å². The van der Waals surface area contributed by atoms with Crippen molar-refractivity contribution in [1.82, 2.24) is 19.7 Å². The number of hydrogen-bond acceptors (Lipinski definition) is 6. The highest BCUT2D eigenvalue weighted by Gasteiger charge is 2.14. The largest absolute Gasteiger partial charge is 0.355 e. The quantitative estimate of drug-likeness (QED) is 0.731. The number of carbonyl (C=O) groups is 1. The summed E-state index contributed by atoms with van der Waals surface area (Å²) in [5.74, 6) is 0.619. The van der Waals surface area contributed by atoms with Crippen LogP contribution in [0.4, 0.5) is 11.5 Å². The van der Waals surface area contributed by atoms with Crippen LogP contribution in [0, 0.1) is 0 Å². The summed E-state index contributed by atoms with van der Waals surface area (Å²) in [6.45, 7) is 1.99. The molecule has 0 unspecified atom stereocenters. The molecule has 0 saturated carbocycles. The third-order valence-corrected chi connectivity index (χ3v) is 4.65. The molecule has 8 heteroatoms. The fraction of sp³-hybridized carbons (Fsp3) is 0.250. The van der Waals surface area contributed by atoms with E-state index in [0.717, 1.165) is 30.2 Å². The van der Waals surface area contributed by atoms with Gasteiger partial charge in [-0.3, -0.25) is 14.2 Å². The summed E-state index contributed by atoms with van der Waals surface area (Å²) >= 11 is 0. The topological polar surface area (TPSA) is 93.0 Å². The van der Waals surface area contributed by atoms with Crippen LogP contribution in [0.5, 0.6) is 0 Å². The molecule has 0 bridgehead atoms. The zero-order chi connectivity index (χ0) is 19.3. The normalized spacial score (nSPS) is 13.5. The summed E-state index contributed by atoms with van der Waals surface area (Å²) in [5, 5.41) is 11.4. The van der Waals surface area contributed by atoms with Gasteiger partial charge in [0.2, 0.25) is 5.91 Å². The maximum atomic E-state index is 12.1. The average molecular weight is 376 g/mol. The van der Waals surface area contributed by atoms with E-state index in [1.165, 1.54) is 36.0 Å². The lowest BCUT2D eigenvalue weighted by atomic mass is 10.1. The molecule has 3 heterocycles. The van der Waals surface area contributed by atoms with Gasteiger partial charge in [-0.25, -0.2) is 4.98 Å². The highest BCUT2D eigenvalue weighted by molar-refractivity contribution is 5.90. The van der Waals surface area contributed by atoms with Crippen LogP contribution in [0.2, 0.25) is 0 Å². The molecule has 0 spiro atoms. The fourth-order valence-electron chi connectivity index (χ4n) is 3.17. The Morgan fingerprint density at radius 3 is 2.46 bits per heavy atom. The molecule has 0 aliphatic carbocycles. The van der Waals surface area contributed by atoms with E-state index < -0.39 is 0 Å². The molecule has 3 aromatic rings. The Morgan fingerprint density at radius 2 is 1.79 bits per heavy atom. The molecule has 28 heavy (non-hydrogen) atoms. The average Bonchev–Trinajstić information content (AvgIpc) is 3.25. The second kappa shape index (κ2) is 7.99. The molecule has 0 radical (unpaired) electrons. The lowest BCUT2D eigenvalue weighted by Gasteiger charge is -2.15. The van der Waals surface area contributed by atoms with E-state index in [0.29, 0.717) is 5.69 Å². The van der Waals surface area contributed by atoms with Crippen molar-refractivity contribution in [2.75, 3.05) is 23.3 Å². The van der Waals surface area contributed by atoms with Crippen molar-refractivity contribution in [2.45, 2.75) is 19.4 Å². The van der Waals surface area contributed by atoms with Gasteiger partial charge in [-0.2, -0.15) is 0 Å². The molecule has 142 valence electrons. The van der Waals surface area contributed by atoms with Crippen LogP contribution >= 0.6 is 0 Å². The predicted molar refractivity (Wildman–Crippen MR) is 106 cm³/mol. The molecule has 1 fully saturated rings. The summed E-state index contributed by atoms with van der Waals surface area (Å²) in [6, 6.07) is 12.6. The molecular weight excluding hydrogens is 356 g/mol. The highest BCUT2D eigenvalue weighted by Crippen LogP contribution is 2.22. The summed E-state index contributed by atoms with van der Waals surface area (Å²) < 4.78 is 1.25. The zero-order valence-corrected chi connectivity index (χ0v) is 15.3. The Labute approximate surface area is 161 Å². The number of hydrogen-bond donors (Lipinski definition) is 1. The first-order chi connectivity index (χ1) is 13.7. The smallest absolute Gasteiger partial charge is 0.253 e.